The van der Waals surface area contributed by atoms with Crippen LogP contribution < -0.4 is 5.32 Å². The molecule has 0 heterocycles. The molecule has 0 aromatic heterocycles. The van der Waals surface area contributed by atoms with Crippen LogP contribution in [0.1, 0.15) is 62.9 Å². The summed E-state index contributed by atoms with van der Waals surface area (Å²) in [5.41, 5.74) is 0.652. The van der Waals surface area contributed by atoms with Crippen molar-refractivity contribution in [2.45, 2.75) is 59.6 Å². The van der Waals surface area contributed by atoms with Gasteiger partial charge in [0.1, 0.15) is 12.4 Å². The van der Waals surface area contributed by atoms with Crippen molar-refractivity contribution >= 4 is 18.1 Å². The number of hydroxylamine groups is 2. The molecule has 1 N–H and O–H groups in total. The second-order valence-electron chi connectivity index (χ2n) is 9.48. The summed E-state index contributed by atoms with van der Waals surface area (Å²) >= 11 is 0. The molecule has 6 nitrogen and oxygen atoms in total. The van der Waals surface area contributed by atoms with Crippen LogP contribution in [0.5, 0.6) is 0 Å². The maximum absolute atomic E-state index is 13.3. The lowest BCUT2D eigenvalue weighted by Crippen LogP contribution is -2.52. The molecule has 2 aromatic rings. The second kappa shape index (κ2) is 13.0. The Labute approximate surface area is 201 Å². The Morgan fingerprint density at radius 1 is 1.09 bits per heavy atom. The van der Waals surface area contributed by atoms with Gasteiger partial charge in [-0.25, -0.2) is 9.45 Å². The molecule has 2 aromatic carbocycles. The third kappa shape index (κ3) is 8.37. The Kier molecular flexibility index (Phi) is 10.4. The standard InChI is InChI=1S/C27H35FN2O4/c1-5-6-12-22(17-30(19-31)34-18-20-10-8-7-9-11-20)26(33)29-25(27(2,3)4)24(32)21-13-15-23(28)16-14-21/h7-11,13-16,19,22,25H,5-6,12,17-18H2,1-4H3,(H,29,33)/t22-,25-/m1/s1. The first kappa shape index (κ1) is 27.2. The Hall–Kier alpha value is -3.06. The number of rotatable bonds is 13. The normalized spacial score (nSPS) is 13.1. The van der Waals surface area contributed by atoms with Crippen LogP contribution in [0.2, 0.25) is 0 Å². The molecule has 0 aliphatic heterocycles. The van der Waals surface area contributed by atoms with Crippen molar-refractivity contribution in [3.63, 3.8) is 0 Å². The zero-order valence-corrected chi connectivity index (χ0v) is 20.4. The minimum atomic E-state index is -0.815. The van der Waals surface area contributed by atoms with Gasteiger partial charge in [-0.3, -0.25) is 19.2 Å². The van der Waals surface area contributed by atoms with Crippen molar-refractivity contribution < 1.29 is 23.6 Å². The highest BCUT2D eigenvalue weighted by Gasteiger charge is 2.35. The van der Waals surface area contributed by atoms with Gasteiger partial charge >= 0.3 is 0 Å². The van der Waals surface area contributed by atoms with Crippen molar-refractivity contribution in [2.75, 3.05) is 6.54 Å². The average Bonchev–Trinajstić information content (AvgIpc) is 2.82. The fourth-order valence-electron chi connectivity index (χ4n) is 3.55. The van der Waals surface area contributed by atoms with E-state index < -0.39 is 23.2 Å². The minimum absolute atomic E-state index is 0.0732. The van der Waals surface area contributed by atoms with E-state index in [1.807, 2.05) is 58.0 Å². The van der Waals surface area contributed by atoms with E-state index in [9.17, 15) is 18.8 Å². The Morgan fingerprint density at radius 3 is 2.29 bits per heavy atom. The molecule has 0 fully saturated rings. The molecule has 0 saturated heterocycles. The molecule has 2 amide bonds. The summed E-state index contributed by atoms with van der Waals surface area (Å²) in [5.74, 6) is -1.59. The maximum Gasteiger partial charge on any atom is 0.233 e. The van der Waals surface area contributed by atoms with Crippen molar-refractivity contribution in [2.24, 2.45) is 11.3 Å². The molecule has 0 saturated carbocycles. The summed E-state index contributed by atoms with van der Waals surface area (Å²) in [6.07, 6.45) is 2.78. The predicted octanol–water partition coefficient (Wildman–Crippen LogP) is 4.94. The number of nitrogens with one attached hydrogen (secondary N) is 1. The molecule has 0 unspecified atom stereocenters. The highest BCUT2D eigenvalue weighted by atomic mass is 19.1. The largest absolute Gasteiger partial charge is 0.345 e. The van der Waals surface area contributed by atoms with Crippen molar-refractivity contribution in [3.05, 3.63) is 71.5 Å². The Bertz CT molecular complexity index is 926. The van der Waals surface area contributed by atoms with E-state index in [0.29, 0.717) is 18.4 Å². The maximum atomic E-state index is 13.3. The molecule has 0 radical (unpaired) electrons. The van der Waals surface area contributed by atoms with Crippen LogP contribution in [0.3, 0.4) is 0 Å². The third-order valence-electron chi connectivity index (χ3n) is 5.58. The first-order valence-corrected chi connectivity index (χ1v) is 11.6. The van der Waals surface area contributed by atoms with Crippen LogP contribution in [0, 0.1) is 17.2 Å². The van der Waals surface area contributed by atoms with E-state index in [1.54, 1.807) is 0 Å². The van der Waals surface area contributed by atoms with Gasteiger partial charge in [-0.05, 0) is 41.7 Å². The van der Waals surface area contributed by atoms with Crippen LogP contribution in [0.25, 0.3) is 0 Å². The lowest BCUT2D eigenvalue weighted by atomic mass is 9.81. The molecule has 0 spiro atoms. The zero-order valence-electron chi connectivity index (χ0n) is 20.4. The van der Waals surface area contributed by atoms with Gasteiger partial charge in [0, 0.05) is 5.56 Å². The minimum Gasteiger partial charge on any atom is -0.345 e. The summed E-state index contributed by atoms with van der Waals surface area (Å²) in [5, 5.41) is 4.04. The van der Waals surface area contributed by atoms with E-state index in [-0.39, 0.29) is 24.8 Å². The van der Waals surface area contributed by atoms with Gasteiger partial charge < -0.3 is 5.32 Å². The van der Waals surface area contributed by atoms with E-state index in [4.69, 9.17) is 4.84 Å². The van der Waals surface area contributed by atoms with Gasteiger partial charge in [0.2, 0.25) is 12.3 Å². The van der Waals surface area contributed by atoms with Crippen molar-refractivity contribution in [1.82, 2.24) is 10.4 Å². The zero-order chi connectivity index (χ0) is 25.1. The fraction of sp³-hybridized carbons (Fsp3) is 0.444. The average molecular weight is 471 g/mol. The molecular formula is C27H35FN2O4. The van der Waals surface area contributed by atoms with Gasteiger partial charge in [-0.1, -0.05) is 70.9 Å². The van der Waals surface area contributed by atoms with E-state index in [2.05, 4.69) is 5.32 Å². The Balaban J connectivity index is 2.14. The van der Waals surface area contributed by atoms with Gasteiger partial charge in [0.15, 0.2) is 5.78 Å². The number of ketones is 1. The summed E-state index contributed by atoms with van der Waals surface area (Å²) in [4.78, 5) is 43.8. The quantitative estimate of drug-likeness (QED) is 0.256. The van der Waals surface area contributed by atoms with Crippen molar-refractivity contribution in [1.29, 1.82) is 0 Å². The highest BCUT2D eigenvalue weighted by molar-refractivity contribution is 6.02. The van der Waals surface area contributed by atoms with Crippen LogP contribution in [-0.4, -0.2) is 35.8 Å². The number of benzene rings is 2. The molecule has 0 aliphatic carbocycles. The molecule has 34 heavy (non-hydrogen) atoms. The monoisotopic (exact) mass is 470 g/mol. The van der Waals surface area contributed by atoms with E-state index in [1.165, 1.54) is 24.3 Å². The van der Waals surface area contributed by atoms with Crippen molar-refractivity contribution in [3.8, 4) is 0 Å². The molecule has 184 valence electrons. The number of amides is 2. The number of unbranched alkanes of at least 4 members (excludes halogenated alkanes) is 1. The highest BCUT2D eigenvalue weighted by Crippen LogP contribution is 2.24. The lowest BCUT2D eigenvalue weighted by molar-refractivity contribution is -0.182. The smallest absolute Gasteiger partial charge is 0.233 e. The Morgan fingerprint density at radius 2 is 1.74 bits per heavy atom. The van der Waals surface area contributed by atoms with E-state index >= 15 is 0 Å². The van der Waals surface area contributed by atoms with Crippen LogP contribution in [-0.2, 0) is 21.0 Å². The summed E-state index contributed by atoms with van der Waals surface area (Å²) in [6.45, 7) is 7.89. The number of carbonyl (C=O) groups is 3. The van der Waals surface area contributed by atoms with Gasteiger partial charge in [-0.2, -0.15) is 0 Å². The number of hydrogen-bond acceptors (Lipinski definition) is 4. The number of nitrogens with zero attached hydrogens (tertiary/aromatic N) is 1. The van der Waals surface area contributed by atoms with E-state index in [0.717, 1.165) is 23.5 Å². The SMILES string of the molecule is CCCC[C@H](CN(C=O)OCc1ccccc1)C(=O)N[C@H](C(=O)c1ccc(F)cc1)C(C)(C)C. The van der Waals surface area contributed by atoms with Crippen LogP contribution in [0.15, 0.2) is 54.6 Å². The molecule has 0 aliphatic rings. The fourth-order valence-corrected chi connectivity index (χ4v) is 3.55. The predicted molar refractivity (Wildman–Crippen MR) is 129 cm³/mol. The molecule has 0 bridgehead atoms. The molecule has 2 atom stereocenters. The first-order chi connectivity index (χ1) is 16.2. The molecular weight excluding hydrogens is 435 g/mol. The third-order valence-corrected chi connectivity index (χ3v) is 5.58. The second-order valence-corrected chi connectivity index (χ2v) is 9.48. The van der Waals surface area contributed by atoms with Crippen LogP contribution >= 0.6 is 0 Å². The molecule has 2 rings (SSSR count). The summed E-state index contributed by atoms with van der Waals surface area (Å²) < 4.78 is 13.3. The number of halogens is 1. The number of Topliss-reactive ketones (excluding diaryl/α,β-unsaturated/α-hetero) is 1. The summed E-state index contributed by atoms with van der Waals surface area (Å²) in [7, 11) is 0. The number of carbonyl (C=O) groups excluding carboxylic acids is 3. The number of hydrogen-bond donors (Lipinski definition) is 1. The van der Waals surface area contributed by atoms with Gasteiger partial charge in [0.05, 0.1) is 18.5 Å². The summed E-state index contributed by atoms with van der Waals surface area (Å²) in [6, 6.07) is 13.9. The molecule has 7 heteroatoms. The first-order valence-electron chi connectivity index (χ1n) is 11.6. The lowest BCUT2D eigenvalue weighted by Gasteiger charge is -2.32. The van der Waals surface area contributed by atoms with Gasteiger partial charge in [0.25, 0.3) is 0 Å². The topological polar surface area (TPSA) is 75.7 Å². The van der Waals surface area contributed by atoms with Gasteiger partial charge in [-0.15, -0.1) is 0 Å². The van der Waals surface area contributed by atoms with Crippen LogP contribution in [0.4, 0.5) is 4.39 Å².